The first-order valence-corrected chi connectivity index (χ1v) is 8.39. The highest BCUT2D eigenvalue weighted by atomic mass is 19.1. The van der Waals surface area contributed by atoms with Gasteiger partial charge in [-0.2, -0.15) is 5.10 Å². The molecule has 0 amide bonds. The number of hydrogen-bond acceptors (Lipinski definition) is 4. The molecule has 0 saturated carbocycles. The SMILES string of the molecule is CC1=NN(CC(C)C)C(COc2c(F)cc(CCC(=O)O)cc2F)C1. The summed E-state index contributed by atoms with van der Waals surface area (Å²) in [6.07, 6.45) is 0.593. The Morgan fingerprint density at radius 3 is 2.60 bits per heavy atom. The summed E-state index contributed by atoms with van der Waals surface area (Å²) in [5.41, 5.74) is 1.27. The molecule has 0 radical (unpaired) electrons. The number of carbonyl (C=O) groups is 1. The van der Waals surface area contributed by atoms with Crippen LogP contribution in [-0.4, -0.2) is 41.0 Å². The highest BCUT2D eigenvalue weighted by Crippen LogP contribution is 2.26. The quantitative estimate of drug-likeness (QED) is 0.776. The summed E-state index contributed by atoms with van der Waals surface area (Å²) in [5, 5.41) is 15.0. The zero-order chi connectivity index (χ0) is 18.6. The van der Waals surface area contributed by atoms with E-state index in [4.69, 9.17) is 9.84 Å². The zero-order valence-electron chi connectivity index (χ0n) is 14.8. The minimum Gasteiger partial charge on any atom is -0.485 e. The second-order valence-electron chi connectivity index (χ2n) is 6.80. The lowest BCUT2D eigenvalue weighted by molar-refractivity contribution is -0.136. The van der Waals surface area contributed by atoms with E-state index in [9.17, 15) is 13.6 Å². The van der Waals surface area contributed by atoms with Gasteiger partial charge in [0.15, 0.2) is 17.4 Å². The van der Waals surface area contributed by atoms with Crippen LogP contribution in [0.25, 0.3) is 0 Å². The highest BCUT2D eigenvalue weighted by Gasteiger charge is 2.26. The lowest BCUT2D eigenvalue weighted by Crippen LogP contribution is -2.35. The van der Waals surface area contributed by atoms with Gasteiger partial charge in [0.25, 0.3) is 0 Å². The fraction of sp³-hybridized carbons (Fsp3) is 0.556. The van der Waals surface area contributed by atoms with Crippen LogP contribution in [0, 0.1) is 17.6 Å². The molecule has 1 aromatic rings. The van der Waals surface area contributed by atoms with Gasteiger partial charge in [0.1, 0.15) is 6.61 Å². The van der Waals surface area contributed by atoms with Crippen LogP contribution in [0.4, 0.5) is 8.78 Å². The third kappa shape index (κ3) is 5.41. The molecule has 2 rings (SSSR count). The van der Waals surface area contributed by atoms with Gasteiger partial charge in [-0.15, -0.1) is 0 Å². The number of halogens is 2. The Morgan fingerprint density at radius 2 is 2.04 bits per heavy atom. The normalized spacial score (nSPS) is 17.1. The monoisotopic (exact) mass is 354 g/mol. The maximum absolute atomic E-state index is 14.1. The molecule has 138 valence electrons. The van der Waals surface area contributed by atoms with Gasteiger partial charge in [0.2, 0.25) is 0 Å². The summed E-state index contributed by atoms with van der Waals surface area (Å²) >= 11 is 0. The van der Waals surface area contributed by atoms with E-state index < -0.39 is 23.4 Å². The minimum atomic E-state index is -1.01. The molecule has 0 bridgehead atoms. The third-order valence-corrected chi connectivity index (χ3v) is 3.91. The van der Waals surface area contributed by atoms with Gasteiger partial charge in [-0.3, -0.25) is 9.80 Å². The summed E-state index contributed by atoms with van der Waals surface area (Å²) in [6.45, 7) is 6.97. The van der Waals surface area contributed by atoms with Crippen molar-refractivity contribution in [2.24, 2.45) is 11.0 Å². The molecule has 1 aliphatic rings. The van der Waals surface area contributed by atoms with E-state index in [0.717, 1.165) is 24.4 Å². The smallest absolute Gasteiger partial charge is 0.303 e. The van der Waals surface area contributed by atoms with Crippen LogP contribution in [0.5, 0.6) is 5.75 Å². The Balaban J connectivity index is 2.01. The molecular formula is C18H24F2N2O3. The van der Waals surface area contributed by atoms with Crippen LogP contribution >= 0.6 is 0 Å². The van der Waals surface area contributed by atoms with Crippen LogP contribution in [-0.2, 0) is 11.2 Å². The van der Waals surface area contributed by atoms with Crippen LogP contribution in [0.15, 0.2) is 17.2 Å². The number of hydrogen-bond donors (Lipinski definition) is 1. The Morgan fingerprint density at radius 1 is 1.40 bits per heavy atom. The molecule has 1 unspecified atom stereocenters. The van der Waals surface area contributed by atoms with Crippen LogP contribution < -0.4 is 4.74 Å². The largest absolute Gasteiger partial charge is 0.485 e. The number of benzene rings is 1. The van der Waals surface area contributed by atoms with Crippen LogP contribution in [0.3, 0.4) is 0 Å². The number of hydrazone groups is 1. The lowest BCUT2D eigenvalue weighted by atomic mass is 10.1. The molecule has 0 spiro atoms. The van der Waals surface area contributed by atoms with Gasteiger partial charge in [-0.25, -0.2) is 8.78 Å². The molecule has 25 heavy (non-hydrogen) atoms. The first-order valence-electron chi connectivity index (χ1n) is 8.39. The maximum atomic E-state index is 14.1. The molecule has 0 saturated heterocycles. The standard InChI is InChI=1S/C18H24F2N2O3/c1-11(2)9-22-14(6-12(3)21-22)10-25-18-15(19)7-13(8-16(18)20)4-5-17(23)24/h7-8,11,14H,4-6,9-10H2,1-3H3,(H,23,24). The average molecular weight is 354 g/mol. The Kier molecular flexibility index (Phi) is 6.33. The molecule has 1 heterocycles. The second kappa shape index (κ2) is 8.27. The number of carboxylic acids is 1. The molecular weight excluding hydrogens is 330 g/mol. The summed E-state index contributed by atoms with van der Waals surface area (Å²) < 4.78 is 33.7. The molecule has 5 nitrogen and oxygen atoms in total. The van der Waals surface area contributed by atoms with Crippen molar-refractivity contribution in [3.63, 3.8) is 0 Å². The van der Waals surface area contributed by atoms with Crippen molar-refractivity contribution in [1.29, 1.82) is 0 Å². The number of nitrogens with zero attached hydrogens (tertiary/aromatic N) is 2. The van der Waals surface area contributed by atoms with Gasteiger partial charge in [-0.1, -0.05) is 13.8 Å². The number of carboxylic acid groups (broad SMARTS) is 1. The first-order chi connectivity index (χ1) is 11.8. The van der Waals surface area contributed by atoms with Crippen LogP contribution in [0.1, 0.15) is 39.2 Å². The fourth-order valence-corrected chi connectivity index (χ4v) is 2.82. The summed E-state index contributed by atoms with van der Waals surface area (Å²) in [5.74, 6) is -2.65. The molecule has 1 aromatic carbocycles. The van der Waals surface area contributed by atoms with E-state index in [1.54, 1.807) is 0 Å². The molecule has 0 aromatic heterocycles. The molecule has 0 aliphatic carbocycles. The highest BCUT2D eigenvalue weighted by molar-refractivity contribution is 5.83. The maximum Gasteiger partial charge on any atom is 0.303 e. The van der Waals surface area contributed by atoms with E-state index in [-0.39, 0.29) is 25.5 Å². The van der Waals surface area contributed by atoms with Crippen molar-refractivity contribution in [3.8, 4) is 5.75 Å². The average Bonchev–Trinajstić information content (AvgIpc) is 2.83. The molecule has 0 fully saturated rings. The number of aryl methyl sites for hydroxylation is 1. The predicted molar refractivity (Wildman–Crippen MR) is 90.9 cm³/mol. The predicted octanol–water partition coefficient (Wildman–Crippen LogP) is 3.47. The van der Waals surface area contributed by atoms with Gasteiger partial charge in [0, 0.05) is 25.1 Å². The summed E-state index contributed by atoms with van der Waals surface area (Å²) in [6, 6.07) is 2.21. The van der Waals surface area contributed by atoms with Crippen molar-refractivity contribution in [3.05, 3.63) is 29.3 Å². The minimum absolute atomic E-state index is 0.0483. The zero-order valence-corrected chi connectivity index (χ0v) is 14.8. The Hall–Kier alpha value is -2.18. The molecule has 1 atom stereocenters. The Labute approximate surface area is 146 Å². The topological polar surface area (TPSA) is 62.1 Å². The van der Waals surface area contributed by atoms with Crippen LogP contribution in [0.2, 0.25) is 0 Å². The van der Waals surface area contributed by atoms with Crippen molar-refractivity contribution in [2.45, 2.75) is 46.1 Å². The van der Waals surface area contributed by atoms with Crippen molar-refractivity contribution in [1.82, 2.24) is 5.01 Å². The van der Waals surface area contributed by atoms with Crippen molar-refractivity contribution in [2.75, 3.05) is 13.2 Å². The van der Waals surface area contributed by atoms with E-state index in [1.165, 1.54) is 0 Å². The van der Waals surface area contributed by atoms with E-state index >= 15 is 0 Å². The fourth-order valence-electron chi connectivity index (χ4n) is 2.82. The number of ether oxygens (including phenoxy) is 1. The molecule has 1 N–H and O–H groups in total. The van der Waals surface area contributed by atoms with Crippen molar-refractivity contribution < 1.29 is 23.4 Å². The lowest BCUT2D eigenvalue weighted by Gasteiger charge is -2.25. The summed E-state index contributed by atoms with van der Waals surface area (Å²) in [7, 11) is 0. The van der Waals surface area contributed by atoms with Crippen molar-refractivity contribution >= 4 is 11.7 Å². The van der Waals surface area contributed by atoms with E-state index in [1.807, 2.05) is 11.9 Å². The van der Waals surface area contributed by atoms with Gasteiger partial charge in [-0.05, 0) is 37.0 Å². The summed E-state index contributed by atoms with van der Waals surface area (Å²) in [4.78, 5) is 10.6. The number of rotatable bonds is 8. The Bertz CT molecular complexity index is 639. The van der Waals surface area contributed by atoms with Gasteiger partial charge in [0.05, 0.1) is 6.04 Å². The third-order valence-electron chi connectivity index (χ3n) is 3.91. The van der Waals surface area contributed by atoms with Gasteiger partial charge >= 0.3 is 5.97 Å². The molecule has 1 aliphatic heterocycles. The van der Waals surface area contributed by atoms with E-state index in [0.29, 0.717) is 17.9 Å². The second-order valence-corrected chi connectivity index (χ2v) is 6.80. The van der Waals surface area contributed by atoms with Gasteiger partial charge < -0.3 is 9.84 Å². The first kappa shape index (κ1) is 19.1. The van der Waals surface area contributed by atoms with E-state index in [2.05, 4.69) is 18.9 Å². The number of aliphatic carboxylic acids is 1. The molecule has 7 heteroatoms.